The molecule has 1 amide bonds. The summed E-state index contributed by atoms with van der Waals surface area (Å²) in [5.41, 5.74) is 1.62. The molecule has 1 aromatic carbocycles. The summed E-state index contributed by atoms with van der Waals surface area (Å²) in [5, 5.41) is 9.27. The highest BCUT2D eigenvalue weighted by molar-refractivity contribution is 5.98. The molecule has 1 fully saturated rings. The summed E-state index contributed by atoms with van der Waals surface area (Å²) in [5.74, 6) is -0.963. The standard InChI is InChI=1S/C21H27N3O3/c1-4-18-7-5-6-12-24(18)20(25)15-27-21(26)17(14-22)13-16-8-10-19(11-9-16)23(2)3/h8-11,13,18H,4-7,12,15H2,1-3H3/b17-13+/t18-/m1/s1. The number of hydrogen-bond donors (Lipinski definition) is 0. The number of carbonyl (C=O) groups excluding carboxylic acids is 2. The fourth-order valence-corrected chi connectivity index (χ4v) is 3.21. The van der Waals surface area contributed by atoms with Crippen LogP contribution >= 0.6 is 0 Å². The van der Waals surface area contributed by atoms with Crippen LogP contribution in [0.2, 0.25) is 0 Å². The highest BCUT2D eigenvalue weighted by Crippen LogP contribution is 2.20. The maximum absolute atomic E-state index is 12.4. The lowest BCUT2D eigenvalue weighted by atomic mass is 10.00. The number of nitrogens with zero attached hydrogens (tertiary/aromatic N) is 3. The zero-order chi connectivity index (χ0) is 19.8. The molecule has 0 spiro atoms. The summed E-state index contributed by atoms with van der Waals surface area (Å²) in [6, 6.07) is 9.52. The minimum Gasteiger partial charge on any atom is -0.451 e. The Morgan fingerprint density at radius 1 is 1.30 bits per heavy atom. The molecule has 0 saturated carbocycles. The van der Waals surface area contributed by atoms with Gasteiger partial charge in [-0.25, -0.2) is 4.79 Å². The summed E-state index contributed by atoms with van der Waals surface area (Å²) in [6.45, 7) is 2.43. The average Bonchev–Trinajstić information content (AvgIpc) is 2.70. The lowest BCUT2D eigenvalue weighted by molar-refractivity contribution is -0.150. The van der Waals surface area contributed by atoms with E-state index in [9.17, 15) is 14.9 Å². The Kier molecular flexibility index (Phi) is 7.42. The van der Waals surface area contributed by atoms with Crippen LogP contribution in [0.25, 0.3) is 6.08 Å². The molecule has 27 heavy (non-hydrogen) atoms. The van der Waals surface area contributed by atoms with Gasteiger partial charge in [0.2, 0.25) is 0 Å². The monoisotopic (exact) mass is 369 g/mol. The molecule has 0 aliphatic carbocycles. The molecule has 144 valence electrons. The van der Waals surface area contributed by atoms with Gasteiger partial charge in [0, 0.05) is 32.4 Å². The van der Waals surface area contributed by atoms with E-state index in [1.54, 1.807) is 4.90 Å². The van der Waals surface area contributed by atoms with Gasteiger partial charge in [0.1, 0.15) is 11.6 Å². The van der Waals surface area contributed by atoms with E-state index in [-0.39, 0.29) is 24.1 Å². The second-order valence-electron chi connectivity index (χ2n) is 6.88. The molecule has 1 aromatic rings. The van der Waals surface area contributed by atoms with Crippen molar-refractivity contribution in [2.45, 2.75) is 38.6 Å². The number of anilines is 1. The summed E-state index contributed by atoms with van der Waals surface area (Å²) >= 11 is 0. The largest absolute Gasteiger partial charge is 0.451 e. The zero-order valence-corrected chi connectivity index (χ0v) is 16.3. The van der Waals surface area contributed by atoms with Crippen molar-refractivity contribution in [3.63, 3.8) is 0 Å². The number of rotatable bonds is 6. The van der Waals surface area contributed by atoms with E-state index >= 15 is 0 Å². The maximum Gasteiger partial charge on any atom is 0.349 e. The Hall–Kier alpha value is -2.81. The fourth-order valence-electron chi connectivity index (χ4n) is 3.21. The van der Waals surface area contributed by atoms with Gasteiger partial charge in [0.25, 0.3) is 5.91 Å². The van der Waals surface area contributed by atoms with E-state index in [1.165, 1.54) is 6.08 Å². The van der Waals surface area contributed by atoms with Crippen LogP contribution in [-0.4, -0.2) is 50.1 Å². The van der Waals surface area contributed by atoms with Crippen molar-refractivity contribution in [1.82, 2.24) is 4.90 Å². The van der Waals surface area contributed by atoms with Crippen molar-refractivity contribution in [3.8, 4) is 6.07 Å². The number of amides is 1. The molecule has 0 radical (unpaired) electrons. The summed E-state index contributed by atoms with van der Waals surface area (Å²) < 4.78 is 5.11. The van der Waals surface area contributed by atoms with Crippen LogP contribution in [0.15, 0.2) is 29.8 Å². The van der Waals surface area contributed by atoms with Crippen molar-refractivity contribution in [2.75, 3.05) is 32.1 Å². The predicted molar refractivity (Wildman–Crippen MR) is 105 cm³/mol. The first-order valence-electron chi connectivity index (χ1n) is 9.32. The molecule has 0 aromatic heterocycles. The molecule has 6 heteroatoms. The average molecular weight is 369 g/mol. The SMILES string of the molecule is CC[C@@H]1CCCCN1C(=O)COC(=O)/C(C#N)=C/c1ccc(N(C)C)cc1. The van der Waals surface area contributed by atoms with Gasteiger partial charge in [-0.1, -0.05) is 19.1 Å². The van der Waals surface area contributed by atoms with Crippen molar-refractivity contribution in [3.05, 3.63) is 35.4 Å². The molecule has 1 aliphatic heterocycles. The highest BCUT2D eigenvalue weighted by Gasteiger charge is 2.26. The molecule has 0 unspecified atom stereocenters. The van der Waals surface area contributed by atoms with Crippen LogP contribution in [0.3, 0.4) is 0 Å². The first-order valence-corrected chi connectivity index (χ1v) is 9.32. The van der Waals surface area contributed by atoms with Crippen molar-refractivity contribution < 1.29 is 14.3 Å². The topological polar surface area (TPSA) is 73.6 Å². The first kappa shape index (κ1) is 20.5. The van der Waals surface area contributed by atoms with E-state index in [2.05, 4.69) is 6.92 Å². The van der Waals surface area contributed by atoms with E-state index < -0.39 is 5.97 Å². The van der Waals surface area contributed by atoms with Crippen LogP contribution in [0.5, 0.6) is 0 Å². The molecule has 0 N–H and O–H groups in total. The number of likely N-dealkylation sites (tertiary alicyclic amines) is 1. The van der Waals surface area contributed by atoms with Crippen molar-refractivity contribution in [1.29, 1.82) is 5.26 Å². The zero-order valence-electron chi connectivity index (χ0n) is 16.3. The normalized spacial score (nSPS) is 17.2. The third-order valence-corrected chi connectivity index (χ3v) is 4.81. The molecule has 6 nitrogen and oxygen atoms in total. The Bertz CT molecular complexity index is 732. The van der Waals surface area contributed by atoms with Crippen molar-refractivity contribution >= 4 is 23.6 Å². The van der Waals surface area contributed by atoms with Gasteiger partial charge in [-0.2, -0.15) is 5.26 Å². The van der Waals surface area contributed by atoms with Crippen LogP contribution in [0, 0.1) is 11.3 Å². The number of piperidine rings is 1. The number of hydrogen-bond acceptors (Lipinski definition) is 5. The third kappa shape index (κ3) is 5.58. The predicted octanol–water partition coefficient (Wildman–Crippen LogP) is 2.99. The van der Waals surface area contributed by atoms with Crippen LogP contribution in [-0.2, 0) is 14.3 Å². The van der Waals surface area contributed by atoms with Gasteiger partial charge < -0.3 is 14.5 Å². The number of ether oxygens (including phenoxy) is 1. The fraction of sp³-hybridized carbons (Fsp3) is 0.476. The highest BCUT2D eigenvalue weighted by atomic mass is 16.5. The molecule has 2 rings (SSSR count). The quantitative estimate of drug-likeness (QED) is 0.438. The van der Waals surface area contributed by atoms with Gasteiger partial charge in [-0.05, 0) is 49.5 Å². The Labute approximate surface area is 161 Å². The van der Waals surface area contributed by atoms with E-state index in [0.717, 1.165) is 36.9 Å². The lowest BCUT2D eigenvalue weighted by Gasteiger charge is -2.35. The first-order chi connectivity index (χ1) is 13.0. The number of carbonyl (C=O) groups is 2. The Balaban J connectivity index is 1.98. The smallest absolute Gasteiger partial charge is 0.349 e. The van der Waals surface area contributed by atoms with Crippen molar-refractivity contribution in [2.24, 2.45) is 0 Å². The molecular weight excluding hydrogens is 342 g/mol. The third-order valence-electron chi connectivity index (χ3n) is 4.81. The number of benzene rings is 1. The second-order valence-corrected chi connectivity index (χ2v) is 6.88. The molecule has 1 aliphatic rings. The molecule has 1 atom stereocenters. The summed E-state index contributed by atoms with van der Waals surface area (Å²) in [4.78, 5) is 28.3. The molecule has 1 saturated heterocycles. The van der Waals surface area contributed by atoms with E-state index in [0.29, 0.717) is 6.54 Å². The molecular formula is C21H27N3O3. The van der Waals surface area contributed by atoms with Gasteiger partial charge in [0.05, 0.1) is 0 Å². The maximum atomic E-state index is 12.4. The minimum atomic E-state index is -0.771. The lowest BCUT2D eigenvalue weighted by Crippen LogP contribution is -2.45. The Morgan fingerprint density at radius 2 is 2.00 bits per heavy atom. The van der Waals surface area contributed by atoms with Gasteiger partial charge in [-0.15, -0.1) is 0 Å². The minimum absolute atomic E-state index is 0.119. The number of nitriles is 1. The van der Waals surface area contributed by atoms with Crippen LogP contribution < -0.4 is 4.90 Å². The summed E-state index contributed by atoms with van der Waals surface area (Å²) in [6.07, 6.45) is 5.45. The molecule has 0 bridgehead atoms. The summed E-state index contributed by atoms with van der Waals surface area (Å²) in [7, 11) is 3.87. The van der Waals surface area contributed by atoms with Crippen LogP contribution in [0.4, 0.5) is 5.69 Å². The van der Waals surface area contributed by atoms with Gasteiger partial charge >= 0.3 is 5.97 Å². The van der Waals surface area contributed by atoms with Gasteiger partial charge in [-0.3, -0.25) is 4.79 Å². The number of esters is 1. The van der Waals surface area contributed by atoms with Crippen LogP contribution in [0.1, 0.15) is 38.2 Å². The van der Waals surface area contributed by atoms with Gasteiger partial charge in [0.15, 0.2) is 6.61 Å². The Morgan fingerprint density at radius 3 is 2.59 bits per heavy atom. The van der Waals surface area contributed by atoms with E-state index in [4.69, 9.17) is 4.74 Å². The molecule has 1 heterocycles. The van der Waals surface area contributed by atoms with E-state index in [1.807, 2.05) is 49.3 Å². The second kappa shape index (κ2) is 9.77.